The van der Waals surface area contributed by atoms with E-state index >= 15 is 0 Å². The summed E-state index contributed by atoms with van der Waals surface area (Å²) < 4.78 is 136. The average Bonchev–Trinajstić information content (AvgIpc) is 3.58. The summed E-state index contributed by atoms with van der Waals surface area (Å²) in [5.74, 6) is -0.0904. The molecule has 0 radical (unpaired) electrons. The first-order chi connectivity index (χ1) is 41.4. The fourth-order valence-corrected chi connectivity index (χ4v) is 16.8. The van der Waals surface area contributed by atoms with Crippen LogP contribution in [-0.4, -0.2) is 66.0 Å². The van der Waals surface area contributed by atoms with Gasteiger partial charge in [-0.25, -0.2) is 4.79 Å². The summed E-state index contributed by atoms with van der Waals surface area (Å²) >= 11 is 6.78. The second kappa shape index (κ2) is 29.3. The van der Waals surface area contributed by atoms with Gasteiger partial charge in [0.25, 0.3) is 5.91 Å². The standard InChI is InChI=1S/C67H74ClF9N3O6P/c1-3-4-5-6-7-8-9-10-11-12-14-17-60(81)78-50-25-33-55(58(68)42-50)57-44-62(83)86-59-43-51(26-34-56(57)59)85-46(2)63(84)79-38-35-64(36-39-79)37-40-80(45-64)61(82)18-15-13-16-41-87(52-27-19-47(20-28-52)65(69,70)71,53-29-21-48(22-30-53)66(72,73)74)54-31-23-49(24-32-54)67(75,76)77/h19-34,42-44,46H,3-18,35-41,45H2,1-2H3/p+1/t46-/m1/s1. The lowest BCUT2D eigenvalue weighted by molar-refractivity contribution is -0.141. The molecule has 468 valence electrons. The highest BCUT2D eigenvalue weighted by molar-refractivity contribution is 7.95. The summed E-state index contributed by atoms with van der Waals surface area (Å²) in [6.07, 6.45) is 2.13. The van der Waals surface area contributed by atoms with E-state index in [-0.39, 0.29) is 41.3 Å². The highest BCUT2D eigenvalue weighted by Gasteiger charge is 2.47. The summed E-state index contributed by atoms with van der Waals surface area (Å²) in [5.41, 5.74) is -1.85. The molecule has 0 aliphatic carbocycles. The zero-order chi connectivity index (χ0) is 62.6. The molecule has 2 aliphatic heterocycles. The van der Waals surface area contributed by atoms with Crippen LogP contribution in [0.5, 0.6) is 5.75 Å². The van der Waals surface area contributed by atoms with E-state index in [0.717, 1.165) is 62.1 Å². The van der Waals surface area contributed by atoms with Gasteiger partial charge in [0.2, 0.25) is 11.8 Å². The Morgan fingerprint density at radius 2 is 1.08 bits per heavy atom. The number of fused-ring (bicyclic) bond motifs is 1. The monoisotopic (exact) mass is 1250 g/mol. The van der Waals surface area contributed by atoms with E-state index in [4.69, 9.17) is 20.8 Å². The largest absolute Gasteiger partial charge is 0.481 e. The maximum atomic E-state index is 13.8. The first kappa shape index (κ1) is 66.6. The Morgan fingerprint density at radius 1 is 0.598 bits per heavy atom. The number of ether oxygens (including phenoxy) is 1. The minimum atomic E-state index is -4.70. The normalized spacial score (nSPS) is 15.1. The smallest absolute Gasteiger partial charge is 0.416 e. The molecule has 0 bridgehead atoms. The van der Waals surface area contributed by atoms with Crippen LogP contribution in [0.1, 0.15) is 153 Å². The van der Waals surface area contributed by atoms with Crippen LogP contribution in [0.2, 0.25) is 5.02 Å². The van der Waals surface area contributed by atoms with Crippen molar-refractivity contribution in [2.24, 2.45) is 5.41 Å². The third-order valence-corrected chi connectivity index (χ3v) is 22.0. The van der Waals surface area contributed by atoms with Crippen LogP contribution < -0.4 is 31.6 Å². The van der Waals surface area contributed by atoms with Gasteiger partial charge in [-0.05, 0) is 154 Å². The quantitative estimate of drug-likeness (QED) is 0.0251. The number of hydrogen-bond acceptors (Lipinski definition) is 6. The number of benzene rings is 5. The van der Waals surface area contributed by atoms with Gasteiger partial charge in [-0.2, -0.15) is 39.5 Å². The van der Waals surface area contributed by atoms with Crippen molar-refractivity contribution < 1.29 is 63.1 Å². The fourth-order valence-electron chi connectivity index (χ4n) is 12.2. The SMILES string of the molecule is CCCCCCCCCCCCCC(=O)Nc1ccc(-c2cc(=O)oc3cc(O[C@H](C)C(=O)N4CCC5(CCN(C(=O)CCCCC[P+](c6ccc(C(F)(F)F)cc6)(c6ccc(C(F)(F)F)cc6)c6ccc(C(F)(F)F)cc6)C5)CC4)ccc23)c(Cl)c1. The Bertz CT molecular complexity index is 3210. The van der Waals surface area contributed by atoms with Crippen molar-refractivity contribution in [1.82, 2.24) is 9.80 Å². The highest BCUT2D eigenvalue weighted by Crippen LogP contribution is 2.57. The number of carbonyl (C=O) groups is 3. The molecule has 1 spiro atoms. The number of amides is 3. The molecule has 1 N–H and O–H groups in total. The molecule has 87 heavy (non-hydrogen) atoms. The van der Waals surface area contributed by atoms with E-state index in [1.54, 1.807) is 48.2 Å². The van der Waals surface area contributed by atoms with Crippen molar-refractivity contribution in [2.45, 2.75) is 160 Å². The molecule has 1 atom stereocenters. The number of rotatable bonds is 26. The number of hydrogen-bond donors (Lipinski definition) is 1. The lowest BCUT2D eigenvalue weighted by atomic mass is 9.77. The molecule has 5 aromatic carbocycles. The number of carbonyl (C=O) groups excluding carboxylic acids is 3. The highest BCUT2D eigenvalue weighted by atomic mass is 35.5. The summed E-state index contributed by atoms with van der Waals surface area (Å²) in [5, 5.41) is 4.88. The van der Waals surface area contributed by atoms with Crippen molar-refractivity contribution in [3.63, 3.8) is 0 Å². The molecular weight excluding hydrogens is 1180 g/mol. The van der Waals surface area contributed by atoms with Crippen molar-refractivity contribution in [2.75, 3.05) is 37.7 Å². The van der Waals surface area contributed by atoms with Crippen LogP contribution in [0.3, 0.4) is 0 Å². The van der Waals surface area contributed by atoms with Crippen molar-refractivity contribution >= 4 is 69.2 Å². The number of likely N-dealkylation sites (tertiary alicyclic amines) is 2. The molecule has 3 amide bonds. The molecule has 1 aromatic heterocycles. The van der Waals surface area contributed by atoms with Gasteiger partial charge < -0.3 is 24.3 Å². The number of nitrogens with zero attached hydrogens (tertiary/aromatic N) is 2. The van der Waals surface area contributed by atoms with Crippen LogP contribution >= 0.6 is 18.9 Å². The van der Waals surface area contributed by atoms with E-state index in [1.165, 1.54) is 93.8 Å². The van der Waals surface area contributed by atoms with Crippen molar-refractivity contribution in [3.8, 4) is 16.9 Å². The molecule has 6 aromatic rings. The third kappa shape index (κ3) is 17.3. The van der Waals surface area contributed by atoms with E-state index in [1.807, 2.05) is 4.90 Å². The Hall–Kier alpha value is -6.39. The van der Waals surface area contributed by atoms with E-state index in [2.05, 4.69) is 12.2 Å². The Labute approximate surface area is 507 Å². The molecule has 3 heterocycles. The van der Waals surface area contributed by atoms with Crippen LogP contribution in [0.15, 0.2) is 124 Å². The summed E-state index contributed by atoms with van der Waals surface area (Å²) in [7, 11) is -3.21. The number of alkyl halides is 9. The molecule has 0 saturated carbocycles. The molecule has 20 heteroatoms. The Morgan fingerprint density at radius 3 is 1.59 bits per heavy atom. The van der Waals surface area contributed by atoms with Gasteiger partial charge in [0.15, 0.2) is 6.10 Å². The number of nitrogens with one attached hydrogen (secondary N) is 1. The van der Waals surface area contributed by atoms with Gasteiger partial charge in [-0.1, -0.05) is 88.8 Å². The maximum Gasteiger partial charge on any atom is 0.416 e. The third-order valence-electron chi connectivity index (χ3n) is 17.1. The average molecular weight is 1260 g/mol. The van der Waals surface area contributed by atoms with E-state index < -0.39 is 54.2 Å². The van der Waals surface area contributed by atoms with E-state index in [0.29, 0.717) is 114 Å². The molecule has 9 nitrogen and oxygen atoms in total. The van der Waals surface area contributed by atoms with Crippen LogP contribution in [-0.2, 0) is 32.9 Å². The topological polar surface area (TPSA) is 109 Å². The van der Waals surface area contributed by atoms with Gasteiger partial charge in [-0.3, -0.25) is 14.4 Å². The number of halogens is 10. The lowest BCUT2D eigenvalue weighted by Crippen LogP contribution is -2.48. The molecule has 2 aliphatic rings. The predicted molar refractivity (Wildman–Crippen MR) is 326 cm³/mol. The zero-order valence-corrected chi connectivity index (χ0v) is 50.7. The second-order valence-electron chi connectivity index (χ2n) is 23.3. The first-order valence-corrected chi connectivity index (χ1v) is 32.6. The lowest BCUT2D eigenvalue weighted by Gasteiger charge is -2.40. The van der Waals surface area contributed by atoms with Gasteiger partial charge in [0.1, 0.15) is 34.5 Å². The summed E-state index contributed by atoms with van der Waals surface area (Å²) in [4.78, 5) is 56.8. The minimum Gasteiger partial charge on any atom is -0.481 e. The summed E-state index contributed by atoms with van der Waals surface area (Å²) in [6.45, 7) is 5.77. The minimum absolute atomic E-state index is 0.0774. The van der Waals surface area contributed by atoms with Crippen molar-refractivity contribution in [3.05, 3.63) is 147 Å². The van der Waals surface area contributed by atoms with Gasteiger partial charge in [0.05, 0.1) is 27.9 Å². The van der Waals surface area contributed by atoms with Crippen molar-refractivity contribution in [1.29, 1.82) is 0 Å². The van der Waals surface area contributed by atoms with Gasteiger partial charge in [-0.15, -0.1) is 0 Å². The number of anilines is 1. The zero-order valence-electron chi connectivity index (χ0n) is 49.1. The molecule has 2 saturated heterocycles. The first-order valence-electron chi connectivity index (χ1n) is 30.2. The predicted octanol–water partition coefficient (Wildman–Crippen LogP) is 17.0. The Balaban J connectivity index is 0.821. The van der Waals surface area contributed by atoms with Crippen LogP contribution in [0.4, 0.5) is 45.2 Å². The molecule has 0 unspecified atom stereocenters. The fraction of sp³-hybridized carbons (Fsp3) is 0.463. The van der Waals surface area contributed by atoms with Crippen LogP contribution in [0, 0.1) is 5.41 Å². The maximum absolute atomic E-state index is 13.8. The number of unbranched alkanes of at least 4 members (excludes halogenated alkanes) is 12. The summed E-state index contributed by atoms with van der Waals surface area (Å²) in [6, 6.07) is 24.2. The number of piperidine rings is 1. The molecule has 2 fully saturated rings. The van der Waals surface area contributed by atoms with E-state index in [9.17, 15) is 58.7 Å². The van der Waals surface area contributed by atoms with Gasteiger partial charge >= 0.3 is 24.2 Å². The molecular formula is C67H75ClF9N3O6P+. The Kier molecular flexibility index (Phi) is 22.4. The van der Waals surface area contributed by atoms with Gasteiger partial charge in [0, 0.05) is 73.4 Å². The van der Waals surface area contributed by atoms with Crippen LogP contribution in [0.25, 0.3) is 22.1 Å². The second-order valence-corrected chi connectivity index (χ2v) is 27.3. The molecule has 8 rings (SSSR count).